The van der Waals surface area contributed by atoms with Gasteiger partial charge in [-0.25, -0.2) is 9.18 Å². The van der Waals surface area contributed by atoms with Crippen molar-refractivity contribution in [2.24, 2.45) is 0 Å². The summed E-state index contributed by atoms with van der Waals surface area (Å²) in [6, 6.07) is 1.55. The number of hydrogen-bond donors (Lipinski definition) is 1. The summed E-state index contributed by atoms with van der Waals surface area (Å²) >= 11 is 0. The number of amides is 2. The van der Waals surface area contributed by atoms with E-state index in [9.17, 15) is 14.7 Å². The van der Waals surface area contributed by atoms with E-state index in [0.29, 0.717) is 31.0 Å². The van der Waals surface area contributed by atoms with Gasteiger partial charge in [0.15, 0.2) is 11.6 Å². The van der Waals surface area contributed by atoms with E-state index in [1.54, 1.807) is 0 Å². The van der Waals surface area contributed by atoms with E-state index in [-0.39, 0.29) is 12.5 Å². The smallest absolute Gasteiger partial charge is 0.320 e. The van der Waals surface area contributed by atoms with Crippen LogP contribution in [0.1, 0.15) is 64.6 Å². The summed E-state index contributed by atoms with van der Waals surface area (Å²) in [5.74, 6) is -1.00. The summed E-state index contributed by atoms with van der Waals surface area (Å²) in [6.45, 7) is 8.96. The maximum atomic E-state index is 15.2. The van der Waals surface area contributed by atoms with Gasteiger partial charge < -0.3 is 19.6 Å². The van der Waals surface area contributed by atoms with Crippen LogP contribution in [0, 0.1) is 26.6 Å². The molecule has 186 valence electrons. The molecular formula is C28H33FN2O4. The minimum atomic E-state index is -0.924. The third-order valence-electron chi connectivity index (χ3n) is 8.03. The number of rotatable bonds is 3. The SMILES string of the molecule is Cc1c(-c2c(C)c3c(c(C)c2CC(=O)O)CN(C(=O)N2CCCCC2)C3)cc(F)c2c1CCCO2. The Balaban J connectivity index is 1.63. The van der Waals surface area contributed by atoms with Gasteiger partial charge in [-0.1, -0.05) is 0 Å². The van der Waals surface area contributed by atoms with Crippen molar-refractivity contribution in [2.45, 2.75) is 72.4 Å². The van der Waals surface area contributed by atoms with Crippen molar-refractivity contribution in [1.82, 2.24) is 9.80 Å². The van der Waals surface area contributed by atoms with E-state index < -0.39 is 11.8 Å². The van der Waals surface area contributed by atoms with E-state index in [1.807, 2.05) is 30.6 Å². The summed E-state index contributed by atoms with van der Waals surface area (Å²) in [7, 11) is 0. The number of likely N-dealkylation sites (tertiary alicyclic amines) is 1. The number of ether oxygens (including phenoxy) is 1. The van der Waals surface area contributed by atoms with Crippen LogP contribution in [-0.4, -0.2) is 46.6 Å². The average molecular weight is 481 g/mol. The Morgan fingerprint density at radius 3 is 2.31 bits per heavy atom. The van der Waals surface area contributed by atoms with Crippen LogP contribution in [0.2, 0.25) is 0 Å². The maximum Gasteiger partial charge on any atom is 0.320 e. The summed E-state index contributed by atoms with van der Waals surface area (Å²) in [4.78, 5) is 29.0. The molecule has 1 N–H and O–H groups in total. The third-order valence-corrected chi connectivity index (χ3v) is 8.03. The number of carboxylic acids is 1. The molecule has 0 radical (unpaired) electrons. The van der Waals surface area contributed by atoms with Gasteiger partial charge in [0.05, 0.1) is 13.0 Å². The zero-order chi connectivity index (χ0) is 24.9. The highest BCUT2D eigenvalue weighted by Crippen LogP contribution is 2.44. The lowest BCUT2D eigenvalue weighted by molar-refractivity contribution is -0.136. The van der Waals surface area contributed by atoms with Gasteiger partial charge >= 0.3 is 12.0 Å². The highest BCUT2D eigenvalue weighted by molar-refractivity contribution is 5.84. The molecule has 2 aromatic carbocycles. The molecule has 2 amide bonds. The number of piperidine rings is 1. The van der Waals surface area contributed by atoms with Crippen LogP contribution in [-0.2, 0) is 30.7 Å². The van der Waals surface area contributed by atoms with E-state index in [0.717, 1.165) is 89.7 Å². The molecule has 0 unspecified atom stereocenters. The molecule has 0 aliphatic carbocycles. The summed E-state index contributed by atoms with van der Waals surface area (Å²) in [6.07, 6.45) is 4.64. The first kappa shape index (κ1) is 23.6. The Morgan fingerprint density at radius 2 is 1.63 bits per heavy atom. The predicted molar refractivity (Wildman–Crippen MR) is 131 cm³/mol. The summed E-state index contributed by atoms with van der Waals surface area (Å²) in [5, 5.41) is 9.76. The van der Waals surface area contributed by atoms with Crippen LogP contribution in [0.25, 0.3) is 11.1 Å². The Kier molecular flexibility index (Phi) is 6.20. The van der Waals surface area contributed by atoms with Gasteiger partial charge in [0.2, 0.25) is 0 Å². The second-order valence-electron chi connectivity index (χ2n) is 10.1. The molecule has 35 heavy (non-hydrogen) atoms. The minimum absolute atomic E-state index is 0.0502. The molecule has 0 spiro atoms. The van der Waals surface area contributed by atoms with Crippen LogP contribution in [0.4, 0.5) is 9.18 Å². The van der Waals surface area contributed by atoms with Gasteiger partial charge in [-0.3, -0.25) is 4.79 Å². The highest BCUT2D eigenvalue weighted by Gasteiger charge is 2.33. The normalized spacial score (nSPS) is 17.1. The first-order valence-electron chi connectivity index (χ1n) is 12.6. The second-order valence-corrected chi connectivity index (χ2v) is 10.1. The Labute approximate surface area is 205 Å². The molecule has 3 aliphatic rings. The van der Waals surface area contributed by atoms with Crippen molar-refractivity contribution >= 4 is 12.0 Å². The standard InChI is InChI=1S/C28H33FN2O4/c1-16-19-8-7-11-35-27(19)24(29)12-20(16)26-18(3)23-15-31(28(34)30-9-5-4-6-10-30)14-22(23)17(2)21(26)13-25(32)33/h12H,4-11,13-15H2,1-3H3,(H,32,33). The number of carbonyl (C=O) groups excluding carboxylic acids is 1. The van der Waals surface area contributed by atoms with Crippen LogP contribution in [0.3, 0.4) is 0 Å². The lowest BCUT2D eigenvalue weighted by atomic mass is 9.81. The molecule has 6 nitrogen and oxygen atoms in total. The fourth-order valence-electron chi connectivity index (χ4n) is 6.14. The Bertz CT molecular complexity index is 1220. The molecule has 0 saturated carbocycles. The van der Waals surface area contributed by atoms with Gasteiger partial charge in [-0.05, 0) is 103 Å². The average Bonchev–Trinajstić information content (AvgIpc) is 3.31. The number of fused-ring (bicyclic) bond motifs is 2. The Hall–Kier alpha value is -3.09. The molecule has 7 heteroatoms. The third kappa shape index (κ3) is 4.05. The number of nitrogens with zero attached hydrogens (tertiary/aromatic N) is 2. The zero-order valence-electron chi connectivity index (χ0n) is 20.8. The molecule has 2 aromatic rings. The molecule has 5 rings (SSSR count). The van der Waals surface area contributed by atoms with Crippen molar-refractivity contribution in [3.63, 3.8) is 0 Å². The number of hydrogen-bond acceptors (Lipinski definition) is 3. The number of carboxylic acid groups (broad SMARTS) is 1. The highest BCUT2D eigenvalue weighted by atomic mass is 19.1. The van der Waals surface area contributed by atoms with Gasteiger partial charge in [0.1, 0.15) is 0 Å². The number of halogens is 1. The lowest BCUT2D eigenvalue weighted by Gasteiger charge is -2.30. The fraction of sp³-hybridized carbons (Fsp3) is 0.500. The van der Waals surface area contributed by atoms with Crippen molar-refractivity contribution in [1.29, 1.82) is 0 Å². The largest absolute Gasteiger partial charge is 0.490 e. The predicted octanol–water partition coefficient (Wildman–Crippen LogP) is 5.29. The molecule has 1 saturated heterocycles. The van der Waals surface area contributed by atoms with Gasteiger partial charge in [-0.2, -0.15) is 0 Å². The van der Waals surface area contributed by atoms with Crippen LogP contribution < -0.4 is 4.74 Å². The van der Waals surface area contributed by atoms with Crippen molar-refractivity contribution < 1.29 is 23.8 Å². The fourth-order valence-corrected chi connectivity index (χ4v) is 6.14. The minimum Gasteiger partial charge on any atom is -0.490 e. The van der Waals surface area contributed by atoms with Gasteiger partial charge in [-0.15, -0.1) is 0 Å². The van der Waals surface area contributed by atoms with E-state index in [4.69, 9.17) is 4.74 Å². The second kappa shape index (κ2) is 9.17. The lowest BCUT2D eigenvalue weighted by Crippen LogP contribution is -2.43. The zero-order valence-corrected chi connectivity index (χ0v) is 20.8. The molecule has 3 aliphatic heterocycles. The first-order valence-corrected chi connectivity index (χ1v) is 12.6. The van der Waals surface area contributed by atoms with Crippen molar-refractivity contribution in [3.05, 3.63) is 50.8 Å². The Morgan fingerprint density at radius 1 is 0.943 bits per heavy atom. The molecule has 1 fully saturated rings. The topological polar surface area (TPSA) is 70.1 Å². The van der Waals surface area contributed by atoms with E-state index in [2.05, 4.69) is 0 Å². The first-order chi connectivity index (χ1) is 16.8. The number of carbonyl (C=O) groups is 2. The number of urea groups is 1. The number of benzene rings is 2. The van der Waals surface area contributed by atoms with E-state index in [1.165, 1.54) is 6.07 Å². The molecule has 3 heterocycles. The number of aliphatic carboxylic acids is 1. The van der Waals surface area contributed by atoms with Gasteiger partial charge in [0.25, 0.3) is 0 Å². The molecular weight excluding hydrogens is 447 g/mol. The van der Waals surface area contributed by atoms with Gasteiger partial charge in [0, 0.05) is 31.7 Å². The molecule has 0 aromatic heterocycles. The summed E-state index contributed by atoms with van der Waals surface area (Å²) < 4.78 is 20.8. The van der Waals surface area contributed by atoms with E-state index >= 15 is 4.39 Å². The molecule has 0 bridgehead atoms. The monoisotopic (exact) mass is 480 g/mol. The summed E-state index contributed by atoms with van der Waals surface area (Å²) in [5.41, 5.74) is 7.97. The van der Waals surface area contributed by atoms with Crippen LogP contribution in [0.5, 0.6) is 5.75 Å². The van der Waals surface area contributed by atoms with Crippen molar-refractivity contribution in [3.8, 4) is 16.9 Å². The van der Waals surface area contributed by atoms with Crippen LogP contribution >= 0.6 is 0 Å². The van der Waals surface area contributed by atoms with Crippen LogP contribution in [0.15, 0.2) is 6.07 Å². The maximum absolute atomic E-state index is 15.2. The molecule has 0 atom stereocenters. The van der Waals surface area contributed by atoms with Crippen molar-refractivity contribution in [2.75, 3.05) is 19.7 Å². The quantitative estimate of drug-likeness (QED) is 0.648.